The van der Waals surface area contributed by atoms with Gasteiger partial charge in [0, 0.05) is 26.4 Å². The van der Waals surface area contributed by atoms with Crippen LogP contribution in [-0.2, 0) is 14.3 Å². The van der Waals surface area contributed by atoms with E-state index in [0.29, 0.717) is 29.2 Å². The van der Waals surface area contributed by atoms with Crippen molar-refractivity contribution in [2.24, 2.45) is 0 Å². The molecule has 0 unspecified atom stereocenters. The van der Waals surface area contributed by atoms with Gasteiger partial charge in [0.05, 0.1) is 23.4 Å². The number of halogens is 1. The molecule has 0 radical (unpaired) electrons. The van der Waals surface area contributed by atoms with Crippen LogP contribution in [0.1, 0.15) is 37.0 Å². The standard InChI is InChI=1S/C16H21ClN2O4/c1-4-5-15(21)18-8-9-19(11(2)20)14-10-12(16(22)23-3)6-7-13(14)17/h6-7,10H,4-5,8-9H2,1-3H3,(H,18,21). The lowest BCUT2D eigenvalue weighted by Crippen LogP contribution is -2.37. The summed E-state index contributed by atoms with van der Waals surface area (Å²) in [5.74, 6) is -0.813. The first-order valence-electron chi connectivity index (χ1n) is 7.33. The zero-order chi connectivity index (χ0) is 17.4. The zero-order valence-electron chi connectivity index (χ0n) is 13.5. The van der Waals surface area contributed by atoms with E-state index in [-0.39, 0.29) is 18.4 Å². The molecule has 0 aliphatic heterocycles. The molecule has 126 valence electrons. The number of amides is 2. The minimum Gasteiger partial charge on any atom is -0.465 e. The molecule has 0 heterocycles. The molecule has 7 heteroatoms. The molecule has 1 N–H and O–H groups in total. The number of methoxy groups -OCH3 is 1. The van der Waals surface area contributed by atoms with Crippen LogP contribution in [-0.4, -0.2) is 38.0 Å². The van der Waals surface area contributed by atoms with Crippen molar-refractivity contribution in [3.8, 4) is 0 Å². The van der Waals surface area contributed by atoms with E-state index >= 15 is 0 Å². The topological polar surface area (TPSA) is 75.7 Å². The number of nitrogens with zero attached hydrogens (tertiary/aromatic N) is 1. The Morgan fingerprint density at radius 2 is 2.00 bits per heavy atom. The fourth-order valence-electron chi connectivity index (χ4n) is 2.03. The predicted octanol–water partition coefficient (Wildman–Crippen LogP) is 2.40. The molecule has 6 nitrogen and oxygen atoms in total. The number of anilines is 1. The SMILES string of the molecule is CCCC(=O)NCCN(C(C)=O)c1cc(C(=O)OC)ccc1Cl. The number of esters is 1. The van der Waals surface area contributed by atoms with Crippen LogP contribution in [0.3, 0.4) is 0 Å². The van der Waals surface area contributed by atoms with Crippen molar-refractivity contribution in [1.82, 2.24) is 5.32 Å². The zero-order valence-corrected chi connectivity index (χ0v) is 14.3. The maximum atomic E-state index is 11.9. The summed E-state index contributed by atoms with van der Waals surface area (Å²) in [7, 11) is 1.28. The van der Waals surface area contributed by atoms with E-state index in [9.17, 15) is 14.4 Å². The van der Waals surface area contributed by atoms with E-state index in [1.54, 1.807) is 0 Å². The first-order valence-corrected chi connectivity index (χ1v) is 7.71. The van der Waals surface area contributed by atoms with Crippen molar-refractivity contribution < 1.29 is 19.1 Å². The second-order valence-corrected chi connectivity index (χ2v) is 5.34. The van der Waals surface area contributed by atoms with Gasteiger partial charge in [-0.2, -0.15) is 0 Å². The van der Waals surface area contributed by atoms with Gasteiger partial charge in [0.15, 0.2) is 0 Å². The third-order valence-corrected chi connectivity index (χ3v) is 3.49. The number of benzene rings is 1. The highest BCUT2D eigenvalue weighted by Crippen LogP contribution is 2.27. The number of rotatable bonds is 7. The molecule has 0 fully saturated rings. The lowest BCUT2D eigenvalue weighted by molar-refractivity contribution is -0.121. The molecule has 0 aliphatic rings. The molecule has 23 heavy (non-hydrogen) atoms. The van der Waals surface area contributed by atoms with Gasteiger partial charge in [-0.15, -0.1) is 0 Å². The predicted molar refractivity (Wildman–Crippen MR) is 88.7 cm³/mol. The Hall–Kier alpha value is -2.08. The van der Waals surface area contributed by atoms with Crippen LogP contribution in [0.25, 0.3) is 0 Å². The molecule has 0 saturated carbocycles. The highest BCUT2D eigenvalue weighted by molar-refractivity contribution is 6.34. The minimum atomic E-state index is -0.511. The summed E-state index contributed by atoms with van der Waals surface area (Å²) in [4.78, 5) is 36.4. The van der Waals surface area contributed by atoms with Gasteiger partial charge in [-0.3, -0.25) is 9.59 Å². The Kier molecular flexibility index (Phi) is 7.54. The Bertz CT molecular complexity index is 589. The van der Waals surface area contributed by atoms with Gasteiger partial charge in [-0.1, -0.05) is 18.5 Å². The number of carbonyl (C=O) groups excluding carboxylic acids is 3. The average Bonchev–Trinajstić information content (AvgIpc) is 2.51. The van der Waals surface area contributed by atoms with Crippen molar-refractivity contribution in [1.29, 1.82) is 0 Å². The van der Waals surface area contributed by atoms with Gasteiger partial charge >= 0.3 is 5.97 Å². The average molecular weight is 341 g/mol. The summed E-state index contributed by atoms with van der Waals surface area (Å²) in [6, 6.07) is 4.57. The summed E-state index contributed by atoms with van der Waals surface area (Å²) in [5, 5.41) is 3.08. The molecule has 0 aromatic heterocycles. The van der Waals surface area contributed by atoms with Crippen LogP contribution in [0.5, 0.6) is 0 Å². The molecular formula is C16H21ClN2O4. The molecule has 1 aromatic rings. The van der Waals surface area contributed by atoms with E-state index in [4.69, 9.17) is 11.6 Å². The van der Waals surface area contributed by atoms with Crippen LogP contribution in [0.15, 0.2) is 18.2 Å². The van der Waals surface area contributed by atoms with E-state index < -0.39 is 5.97 Å². The normalized spacial score (nSPS) is 10.1. The summed E-state index contributed by atoms with van der Waals surface area (Å²) in [6.07, 6.45) is 1.20. The minimum absolute atomic E-state index is 0.0644. The van der Waals surface area contributed by atoms with Gasteiger partial charge in [-0.25, -0.2) is 4.79 Å². The Labute approximate surface area is 140 Å². The quantitative estimate of drug-likeness (QED) is 0.773. The summed E-state index contributed by atoms with van der Waals surface area (Å²) in [5.41, 5.74) is 0.708. The van der Waals surface area contributed by atoms with Crippen molar-refractivity contribution in [3.05, 3.63) is 28.8 Å². The van der Waals surface area contributed by atoms with Crippen molar-refractivity contribution in [3.63, 3.8) is 0 Å². The van der Waals surface area contributed by atoms with Crippen LogP contribution in [0.4, 0.5) is 5.69 Å². The van der Waals surface area contributed by atoms with Crippen LogP contribution < -0.4 is 10.2 Å². The highest BCUT2D eigenvalue weighted by atomic mass is 35.5. The molecule has 0 aliphatic carbocycles. The van der Waals surface area contributed by atoms with Crippen molar-refractivity contribution in [2.75, 3.05) is 25.1 Å². The second-order valence-electron chi connectivity index (χ2n) is 4.93. The maximum absolute atomic E-state index is 11.9. The van der Waals surface area contributed by atoms with Crippen LogP contribution in [0.2, 0.25) is 5.02 Å². The summed E-state index contributed by atoms with van der Waals surface area (Å²) >= 11 is 6.14. The fourth-order valence-corrected chi connectivity index (χ4v) is 2.25. The number of carbonyl (C=O) groups is 3. The highest BCUT2D eigenvalue weighted by Gasteiger charge is 2.17. The third kappa shape index (κ3) is 5.56. The number of ether oxygens (including phenoxy) is 1. The first kappa shape index (κ1) is 19.0. The molecule has 2 amide bonds. The first-order chi connectivity index (χ1) is 10.9. The van der Waals surface area contributed by atoms with Crippen LogP contribution >= 0.6 is 11.6 Å². The lowest BCUT2D eigenvalue weighted by atomic mass is 10.2. The summed E-state index contributed by atoms with van der Waals surface area (Å²) in [6.45, 7) is 3.88. The largest absolute Gasteiger partial charge is 0.465 e. The van der Waals surface area contributed by atoms with Gasteiger partial charge in [0.25, 0.3) is 0 Å². The molecule has 0 atom stereocenters. The monoisotopic (exact) mass is 340 g/mol. The van der Waals surface area contributed by atoms with Gasteiger partial charge in [0.2, 0.25) is 11.8 Å². The van der Waals surface area contributed by atoms with Gasteiger partial charge in [-0.05, 0) is 24.6 Å². The molecule has 0 bridgehead atoms. The van der Waals surface area contributed by atoms with E-state index in [2.05, 4.69) is 10.1 Å². The molecule has 0 saturated heterocycles. The van der Waals surface area contributed by atoms with Gasteiger partial charge in [0.1, 0.15) is 0 Å². The lowest BCUT2D eigenvalue weighted by Gasteiger charge is -2.23. The Morgan fingerprint density at radius 1 is 1.30 bits per heavy atom. The number of hydrogen-bond acceptors (Lipinski definition) is 4. The molecule has 0 spiro atoms. The van der Waals surface area contributed by atoms with Gasteiger partial charge < -0.3 is 15.0 Å². The molecule has 1 rings (SSSR count). The second kappa shape index (κ2) is 9.15. The van der Waals surface area contributed by atoms with E-state index in [0.717, 1.165) is 6.42 Å². The third-order valence-electron chi connectivity index (χ3n) is 3.17. The number of hydrogen-bond donors (Lipinski definition) is 1. The van der Waals surface area contributed by atoms with Crippen molar-refractivity contribution >= 4 is 35.1 Å². The summed E-state index contributed by atoms with van der Waals surface area (Å²) < 4.78 is 4.67. The Balaban J connectivity index is 2.90. The fraction of sp³-hybridized carbons (Fsp3) is 0.438. The molecular weight excluding hydrogens is 320 g/mol. The number of nitrogens with one attached hydrogen (secondary N) is 1. The Morgan fingerprint density at radius 3 is 2.57 bits per heavy atom. The van der Waals surface area contributed by atoms with Crippen molar-refractivity contribution in [2.45, 2.75) is 26.7 Å². The van der Waals surface area contributed by atoms with E-state index in [1.165, 1.54) is 37.1 Å². The smallest absolute Gasteiger partial charge is 0.337 e. The maximum Gasteiger partial charge on any atom is 0.337 e. The molecule has 1 aromatic carbocycles. The van der Waals surface area contributed by atoms with E-state index in [1.807, 2.05) is 6.92 Å². The van der Waals surface area contributed by atoms with Crippen LogP contribution in [0, 0.1) is 0 Å².